The predicted molar refractivity (Wildman–Crippen MR) is 109 cm³/mol. The summed E-state index contributed by atoms with van der Waals surface area (Å²) in [5, 5.41) is 8.82. The van der Waals surface area contributed by atoms with Crippen molar-refractivity contribution in [2.75, 3.05) is 18.5 Å². The molecule has 0 aliphatic heterocycles. The monoisotopic (exact) mass is 446 g/mol. The summed E-state index contributed by atoms with van der Waals surface area (Å²) in [7, 11) is 0. The van der Waals surface area contributed by atoms with Crippen molar-refractivity contribution in [2.45, 2.75) is 6.92 Å². The van der Waals surface area contributed by atoms with Gasteiger partial charge in [0.1, 0.15) is 5.75 Å². The molecule has 0 saturated heterocycles. The van der Waals surface area contributed by atoms with Crippen LogP contribution in [0.2, 0.25) is 0 Å². The summed E-state index contributed by atoms with van der Waals surface area (Å²) in [6.45, 7) is 1.84. The average molecular weight is 447 g/mol. The molecule has 2 rings (SSSR count). The van der Waals surface area contributed by atoms with E-state index >= 15 is 0 Å². The van der Waals surface area contributed by atoms with Gasteiger partial charge in [0.05, 0.1) is 6.21 Å². The van der Waals surface area contributed by atoms with Crippen molar-refractivity contribution >= 4 is 45.6 Å². The lowest BCUT2D eigenvalue weighted by Crippen LogP contribution is -2.37. The number of hydrogen-bond acceptors (Lipinski definition) is 5. The summed E-state index contributed by atoms with van der Waals surface area (Å²) in [6, 6.07) is 14.0. The smallest absolute Gasteiger partial charge is 0.329 e. The summed E-state index contributed by atoms with van der Waals surface area (Å²) in [5.41, 5.74) is 3.31. The lowest BCUT2D eigenvalue weighted by Gasteiger charge is -2.09. The van der Waals surface area contributed by atoms with Crippen LogP contribution in [-0.2, 0) is 14.4 Å². The maximum absolute atomic E-state index is 12.0. The Morgan fingerprint density at radius 2 is 1.79 bits per heavy atom. The van der Waals surface area contributed by atoms with E-state index in [0.717, 1.165) is 4.47 Å². The fourth-order valence-electron chi connectivity index (χ4n) is 2.04. The zero-order valence-corrected chi connectivity index (χ0v) is 16.7. The van der Waals surface area contributed by atoms with Crippen LogP contribution in [-0.4, -0.2) is 37.1 Å². The van der Waals surface area contributed by atoms with E-state index in [4.69, 9.17) is 4.74 Å². The molecule has 3 amide bonds. The van der Waals surface area contributed by atoms with Gasteiger partial charge in [-0.25, -0.2) is 5.43 Å². The molecule has 8 nitrogen and oxygen atoms in total. The van der Waals surface area contributed by atoms with Crippen LogP contribution in [0.1, 0.15) is 12.5 Å². The number of para-hydroxylation sites is 1. The largest absolute Gasteiger partial charge is 0.483 e. The summed E-state index contributed by atoms with van der Waals surface area (Å²) in [6.07, 6.45) is 1.33. The molecular formula is C19H19BrN4O4. The number of hydrogen-bond donors (Lipinski definition) is 3. The highest BCUT2D eigenvalue weighted by atomic mass is 79.9. The normalized spacial score (nSPS) is 10.4. The maximum atomic E-state index is 12.0. The van der Waals surface area contributed by atoms with Gasteiger partial charge in [-0.15, -0.1) is 0 Å². The number of amides is 3. The van der Waals surface area contributed by atoms with E-state index in [-0.39, 0.29) is 12.5 Å². The molecular weight excluding hydrogens is 428 g/mol. The first-order valence-corrected chi connectivity index (χ1v) is 9.17. The molecule has 0 aromatic heterocycles. The molecule has 0 fully saturated rings. The standard InChI is InChI=1S/C19H19BrN4O4/c1-2-21-18(26)19(27)24-22-11-13-5-3-4-6-16(13)28-12-17(25)23-15-9-7-14(20)8-10-15/h3-11H,2,12H2,1H3,(H,21,26)(H,23,25)(H,24,27)/b22-11-. The van der Waals surface area contributed by atoms with E-state index < -0.39 is 11.8 Å². The number of nitrogens with zero attached hydrogens (tertiary/aromatic N) is 1. The average Bonchev–Trinajstić information content (AvgIpc) is 2.69. The SMILES string of the molecule is CCNC(=O)C(=O)N/N=C\c1ccccc1OCC(=O)Nc1ccc(Br)cc1. The highest BCUT2D eigenvalue weighted by molar-refractivity contribution is 9.10. The molecule has 0 heterocycles. The Hall–Kier alpha value is -3.20. The quantitative estimate of drug-likeness (QED) is 0.343. The van der Waals surface area contributed by atoms with Crippen molar-refractivity contribution in [2.24, 2.45) is 5.10 Å². The van der Waals surface area contributed by atoms with Gasteiger partial charge < -0.3 is 15.4 Å². The minimum Gasteiger partial charge on any atom is -0.483 e. The Kier molecular flexibility index (Phi) is 8.16. The molecule has 2 aromatic carbocycles. The first-order chi connectivity index (χ1) is 13.5. The van der Waals surface area contributed by atoms with Crippen molar-refractivity contribution < 1.29 is 19.1 Å². The topological polar surface area (TPSA) is 109 Å². The Morgan fingerprint density at radius 3 is 2.50 bits per heavy atom. The number of carbonyl (C=O) groups excluding carboxylic acids is 3. The van der Waals surface area contributed by atoms with Gasteiger partial charge in [0.2, 0.25) is 0 Å². The predicted octanol–water partition coefficient (Wildman–Crippen LogP) is 2.05. The maximum Gasteiger partial charge on any atom is 0.329 e. The summed E-state index contributed by atoms with van der Waals surface area (Å²) in [5.74, 6) is -1.55. The van der Waals surface area contributed by atoms with Crippen LogP contribution in [0.15, 0.2) is 58.1 Å². The highest BCUT2D eigenvalue weighted by Gasteiger charge is 2.10. The molecule has 9 heteroatoms. The van der Waals surface area contributed by atoms with E-state index in [1.54, 1.807) is 43.3 Å². The van der Waals surface area contributed by atoms with Crippen molar-refractivity contribution in [3.63, 3.8) is 0 Å². The number of carbonyl (C=O) groups is 3. The van der Waals surface area contributed by atoms with E-state index in [1.165, 1.54) is 6.21 Å². The molecule has 0 saturated carbocycles. The number of ether oxygens (including phenoxy) is 1. The number of rotatable bonds is 7. The third-order valence-electron chi connectivity index (χ3n) is 3.32. The van der Waals surface area contributed by atoms with Crippen molar-refractivity contribution in [3.05, 3.63) is 58.6 Å². The van der Waals surface area contributed by atoms with Crippen LogP contribution in [0, 0.1) is 0 Å². The van der Waals surface area contributed by atoms with Gasteiger partial charge in [0.15, 0.2) is 6.61 Å². The number of halogens is 1. The van der Waals surface area contributed by atoms with Crippen LogP contribution < -0.4 is 20.8 Å². The summed E-state index contributed by atoms with van der Waals surface area (Å²) >= 11 is 3.33. The molecule has 0 radical (unpaired) electrons. The van der Waals surface area contributed by atoms with Gasteiger partial charge in [-0.2, -0.15) is 5.10 Å². The first kappa shape index (κ1) is 21.1. The molecule has 0 aliphatic rings. The Balaban J connectivity index is 1.91. The van der Waals surface area contributed by atoms with Crippen LogP contribution in [0.25, 0.3) is 0 Å². The Labute approximate surface area is 170 Å². The zero-order valence-electron chi connectivity index (χ0n) is 15.1. The number of anilines is 1. The van der Waals surface area contributed by atoms with Crippen molar-refractivity contribution in [1.29, 1.82) is 0 Å². The molecule has 3 N–H and O–H groups in total. The van der Waals surface area contributed by atoms with Crippen LogP contribution in [0.5, 0.6) is 5.75 Å². The zero-order chi connectivity index (χ0) is 20.4. The molecule has 0 spiro atoms. The van der Waals surface area contributed by atoms with Crippen molar-refractivity contribution in [3.8, 4) is 5.75 Å². The van der Waals surface area contributed by atoms with Crippen LogP contribution in [0.3, 0.4) is 0 Å². The Morgan fingerprint density at radius 1 is 1.07 bits per heavy atom. The van der Waals surface area contributed by atoms with Gasteiger partial charge in [0, 0.05) is 22.3 Å². The van der Waals surface area contributed by atoms with Crippen LogP contribution in [0.4, 0.5) is 5.69 Å². The van der Waals surface area contributed by atoms with E-state index in [2.05, 4.69) is 37.1 Å². The van der Waals surface area contributed by atoms with Gasteiger partial charge in [-0.3, -0.25) is 14.4 Å². The van der Waals surface area contributed by atoms with Crippen molar-refractivity contribution in [1.82, 2.24) is 10.7 Å². The summed E-state index contributed by atoms with van der Waals surface area (Å²) < 4.78 is 6.45. The fraction of sp³-hybridized carbons (Fsp3) is 0.158. The minimum atomic E-state index is -0.870. The van der Waals surface area contributed by atoms with E-state index in [0.29, 0.717) is 23.5 Å². The first-order valence-electron chi connectivity index (χ1n) is 8.38. The second-order valence-electron chi connectivity index (χ2n) is 5.44. The molecule has 0 unspecified atom stereocenters. The molecule has 2 aromatic rings. The number of nitrogens with one attached hydrogen (secondary N) is 3. The highest BCUT2D eigenvalue weighted by Crippen LogP contribution is 2.17. The third-order valence-corrected chi connectivity index (χ3v) is 3.85. The minimum absolute atomic E-state index is 0.202. The number of hydrazone groups is 1. The fourth-order valence-corrected chi connectivity index (χ4v) is 2.31. The van der Waals surface area contributed by atoms with Gasteiger partial charge >= 0.3 is 11.8 Å². The van der Waals surface area contributed by atoms with Gasteiger partial charge in [-0.1, -0.05) is 28.1 Å². The molecule has 0 bridgehead atoms. The number of benzene rings is 2. The van der Waals surface area contributed by atoms with E-state index in [1.807, 2.05) is 12.1 Å². The van der Waals surface area contributed by atoms with E-state index in [9.17, 15) is 14.4 Å². The van der Waals surface area contributed by atoms with Crippen LogP contribution >= 0.6 is 15.9 Å². The lowest BCUT2D eigenvalue weighted by molar-refractivity contribution is -0.139. The molecule has 0 atom stereocenters. The molecule has 146 valence electrons. The number of likely N-dealkylation sites (N-methyl/N-ethyl adjacent to an activating group) is 1. The van der Waals surface area contributed by atoms with Gasteiger partial charge in [0.25, 0.3) is 5.91 Å². The van der Waals surface area contributed by atoms with Gasteiger partial charge in [-0.05, 0) is 43.3 Å². The summed E-state index contributed by atoms with van der Waals surface area (Å²) in [4.78, 5) is 34.9. The second-order valence-corrected chi connectivity index (χ2v) is 6.36. The third kappa shape index (κ3) is 6.84. The lowest BCUT2D eigenvalue weighted by atomic mass is 10.2. The molecule has 0 aliphatic carbocycles. The second kappa shape index (κ2) is 10.8. The Bertz CT molecular complexity index is 868. The molecule has 28 heavy (non-hydrogen) atoms.